The van der Waals surface area contributed by atoms with Crippen molar-refractivity contribution in [2.75, 3.05) is 26.7 Å². The molecule has 0 saturated heterocycles. The SMILES string of the molecule is CN1CCCN=C1NCCc1nn(C)c2ccccc12. The summed E-state index contributed by atoms with van der Waals surface area (Å²) in [6.07, 6.45) is 2.06. The van der Waals surface area contributed by atoms with Crippen LogP contribution >= 0.6 is 0 Å². The Morgan fingerprint density at radius 3 is 2.95 bits per heavy atom. The number of fused-ring (bicyclic) bond motifs is 1. The van der Waals surface area contributed by atoms with Crippen molar-refractivity contribution in [2.24, 2.45) is 12.0 Å². The number of nitrogens with zero attached hydrogens (tertiary/aromatic N) is 4. The van der Waals surface area contributed by atoms with E-state index in [1.165, 1.54) is 10.9 Å². The van der Waals surface area contributed by atoms with Gasteiger partial charge in [0.25, 0.3) is 0 Å². The van der Waals surface area contributed by atoms with Gasteiger partial charge in [0.05, 0.1) is 11.2 Å². The summed E-state index contributed by atoms with van der Waals surface area (Å²) in [5.74, 6) is 1.01. The van der Waals surface area contributed by atoms with E-state index in [0.717, 1.165) is 44.1 Å². The average Bonchev–Trinajstić information content (AvgIpc) is 2.78. The molecule has 1 aromatic heterocycles. The molecule has 106 valence electrons. The second-order valence-corrected chi connectivity index (χ2v) is 5.24. The predicted octanol–water partition coefficient (Wildman–Crippen LogP) is 1.40. The van der Waals surface area contributed by atoms with Gasteiger partial charge in [-0.1, -0.05) is 18.2 Å². The summed E-state index contributed by atoms with van der Waals surface area (Å²) in [6.45, 7) is 2.88. The molecule has 0 spiro atoms. The molecule has 0 saturated carbocycles. The first-order valence-corrected chi connectivity index (χ1v) is 7.16. The summed E-state index contributed by atoms with van der Waals surface area (Å²) in [4.78, 5) is 6.70. The van der Waals surface area contributed by atoms with E-state index in [1.807, 2.05) is 11.7 Å². The first-order valence-electron chi connectivity index (χ1n) is 7.16. The van der Waals surface area contributed by atoms with Gasteiger partial charge in [-0.2, -0.15) is 5.10 Å². The number of hydrogen-bond acceptors (Lipinski definition) is 4. The predicted molar refractivity (Wildman–Crippen MR) is 82.0 cm³/mol. The molecular formula is C15H21N5. The molecule has 3 rings (SSSR count). The van der Waals surface area contributed by atoms with Gasteiger partial charge < -0.3 is 10.2 Å². The normalized spacial score (nSPS) is 15.5. The Balaban J connectivity index is 1.67. The second kappa shape index (κ2) is 5.53. The van der Waals surface area contributed by atoms with E-state index in [0.29, 0.717) is 0 Å². The Labute approximate surface area is 119 Å². The summed E-state index contributed by atoms with van der Waals surface area (Å²) < 4.78 is 1.95. The van der Waals surface area contributed by atoms with Gasteiger partial charge in [-0.15, -0.1) is 0 Å². The van der Waals surface area contributed by atoms with Gasteiger partial charge in [-0.05, 0) is 12.5 Å². The van der Waals surface area contributed by atoms with E-state index in [1.54, 1.807) is 0 Å². The maximum atomic E-state index is 4.61. The van der Waals surface area contributed by atoms with Gasteiger partial charge in [0.1, 0.15) is 0 Å². The molecule has 5 heteroatoms. The zero-order valence-corrected chi connectivity index (χ0v) is 12.1. The number of para-hydroxylation sites is 1. The molecule has 2 aromatic rings. The number of aliphatic imine (C=N–C) groups is 1. The van der Waals surface area contributed by atoms with E-state index in [-0.39, 0.29) is 0 Å². The van der Waals surface area contributed by atoms with E-state index in [9.17, 15) is 0 Å². The van der Waals surface area contributed by atoms with Crippen LogP contribution < -0.4 is 5.32 Å². The summed E-state index contributed by atoms with van der Waals surface area (Å²) >= 11 is 0. The largest absolute Gasteiger partial charge is 0.356 e. The van der Waals surface area contributed by atoms with Gasteiger partial charge in [-0.3, -0.25) is 9.67 Å². The first kappa shape index (κ1) is 13.0. The number of hydrogen-bond donors (Lipinski definition) is 1. The highest BCUT2D eigenvalue weighted by Gasteiger charge is 2.11. The number of benzene rings is 1. The van der Waals surface area contributed by atoms with Crippen LogP contribution in [0.2, 0.25) is 0 Å². The highest BCUT2D eigenvalue weighted by molar-refractivity contribution is 5.82. The third-order valence-electron chi connectivity index (χ3n) is 3.75. The van der Waals surface area contributed by atoms with E-state index < -0.39 is 0 Å². The monoisotopic (exact) mass is 271 g/mol. The molecule has 0 unspecified atom stereocenters. The third-order valence-corrected chi connectivity index (χ3v) is 3.75. The lowest BCUT2D eigenvalue weighted by molar-refractivity contribution is 0.446. The molecule has 0 amide bonds. The van der Waals surface area contributed by atoms with Gasteiger partial charge >= 0.3 is 0 Å². The molecule has 0 aliphatic carbocycles. The maximum Gasteiger partial charge on any atom is 0.193 e. The topological polar surface area (TPSA) is 45.4 Å². The van der Waals surface area contributed by atoms with Crippen LogP contribution in [-0.2, 0) is 13.5 Å². The zero-order chi connectivity index (χ0) is 13.9. The van der Waals surface area contributed by atoms with Crippen LogP contribution in [-0.4, -0.2) is 47.3 Å². The van der Waals surface area contributed by atoms with Crippen LogP contribution in [0, 0.1) is 0 Å². The van der Waals surface area contributed by atoms with Crippen LogP contribution in [0.25, 0.3) is 10.9 Å². The minimum absolute atomic E-state index is 0.865. The fourth-order valence-electron chi connectivity index (χ4n) is 2.68. The van der Waals surface area contributed by atoms with Crippen molar-refractivity contribution in [3.63, 3.8) is 0 Å². The molecule has 0 fully saturated rings. The van der Waals surface area contributed by atoms with Crippen LogP contribution in [0.1, 0.15) is 12.1 Å². The molecule has 0 radical (unpaired) electrons. The highest BCUT2D eigenvalue weighted by atomic mass is 15.3. The molecular weight excluding hydrogens is 250 g/mol. The lowest BCUT2D eigenvalue weighted by Gasteiger charge is -2.25. The summed E-state index contributed by atoms with van der Waals surface area (Å²) in [5.41, 5.74) is 2.34. The lowest BCUT2D eigenvalue weighted by atomic mass is 10.1. The first-order chi connectivity index (χ1) is 9.75. The smallest absolute Gasteiger partial charge is 0.193 e. The van der Waals surface area contributed by atoms with Gasteiger partial charge in [0, 0.05) is 45.5 Å². The number of guanidine groups is 1. The Kier molecular flexibility index (Phi) is 3.58. The van der Waals surface area contributed by atoms with Crippen molar-refractivity contribution in [3.8, 4) is 0 Å². The average molecular weight is 271 g/mol. The Morgan fingerprint density at radius 1 is 1.25 bits per heavy atom. The molecule has 1 aliphatic rings. The van der Waals surface area contributed by atoms with Gasteiger partial charge in [-0.25, -0.2) is 0 Å². The van der Waals surface area contributed by atoms with Crippen molar-refractivity contribution in [1.82, 2.24) is 20.0 Å². The molecule has 1 aliphatic heterocycles. The molecule has 1 N–H and O–H groups in total. The minimum Gasteiger partial charge on any atom is -0.356 e. The fourth-order valence-corrected chi connectivity index (χ4v) is 2.68. The minimum atomic E-state index is 0.865. The lowest BCUT2D eigenvalue weighted by Crippen LogP contribution is -2.42. The molecule has 0 atom stereocenters. The van der Waals surface area contributed by atoms with Crippen molar-refractivity contribution >= 4 is 16.9 Å². The quantitative estimate of drug-likeness (QED) is 0.918. The number of rotatable bonds is 3. The van der Waals surface area contributed by atoms with Crippen molar-refractivity contribution in [3.05, 3.63) is 30.0 Å². The maximum absolute atomic E-state index is 4.61. The molecule has 0 bridgehead atoms. The number of aromatic nitrogens is 2. The van der Waals surface area contributed by atoms with Crippen LogP contribution in [0.3, 0.4) is 0 Å². The third kappa shape index (κ3) is 2.48. The Hall–Kier alpha value is -2.04. The van der Waals surface area contributed by atoms with Crippen LogP contribution in [0.5, 0.6) is 0 Å². The molecule has 20 heavy (non-hydrogen) atoms. The highest BCUT2D eigenvalue weighted by Crippen LogP contribution is 2.17. The fraction of sp³-hybridized carbons (Fsp3) is 0.467. The van der Waals surface area contributed by atoms with Crippen molar-refractivity contribution < 1.29 is 0 Å². The molecule has 1 aromatic carbocycles. The Morgan fingerprint density at radius 2 is 2.10 bits per heavy atom. The van der Waals surface area contributed by atoms with Crippen molar-refractivity contribution in [1.29, 1.82) is 0 Å². The standard InChI is InChI=1S/C15H21N5/c1-19-11-5-9-16-15(19)17-10-8-13-12-6-3-4-7-14(12)20(2)18-13/h3-4,6-7H,5,8-11H2,1-2H3,(H,16,17). The van der Waals surface area contributed by atoms with E-state index >= 15 is 0 Å². The second-order valence-electron chi connectivity index (χ2n) is 5.24. The summed E-state index contributed by atoms with van der Waals surface area (Å²) in [5, 5.41) is 9.28. The summed E-state index contributed by atoms with van der Waals surface area (Å²) in [7, 11) is 4.08. The van der Waals surface area contributed by atoms with Gasteiger partial charge in [0.2, 0.25) is 0 Å². The number of aryl methyl sites for hydroxylation is 1. The van der Waals surface area contributed by atoms with Crippen molar-refractivity contribution in [2.45, 2.75) is 12.8 Å². The van der Waals surface area contributed by atoms with Crippen LogP contribution in [0.15, 0.2) is 29.3 Å². The molecule has 2 heterocycles. The van der Waals surface area contributed by atoms with Gasteiger partial charge in [0.15, 0.2) is 5.96 Å². The summed E-state index contributed by atoms with van der Waals surface area (Å²) in [6, 6.07) is 8.37. The Bertz CT molecular complexity index is 628. The number of nitrogens with one attached hydrogen (secondary N) is 1. The molecule has 5 nitrogen and oxygen atoms in total. The van der Waals surface area contributed by atoms with Crippen LogP contribution in [0.4, 0.5) is 0 Å². The van der Waals surface area contributed by atoms with E-state index in [2.05, 4.69) is 51.6 Å². The van der Waals surface area contributed by atoms with E-state index in [4.69, 9.17) is 0 Å². The zero-order valence-electron chi connectivity index (χ0n) is 12.1.